The number of carbonyl (C=O) groups excluding carboxylic acids is 2. The van der Waals surface area contributed by atoms with Gasteiger partial charge in [-0.25, -0.2) is 19.7 Å². The average molecular weight is 464 g/mol. The van der Waals surface area contributed by atoms with Crippen LogP contribution < -0.4 is 0 Å². The number of hydrogen-bond acceptors (Lipinski definition) is 7. The molecule has 170 valence electrons. The molecule has 0 saturated carbocycles. The lowest BCUT2D eigenvalue weighted by atomic mass is 9.70. The molecule has 2 aliphatic heterocycles. The monoisotopic (exact) mass is 463 g/mol. The first-order valence-corrected chi connectivity index (χ1v) is 11.8. The van der Waals surface area contributed by atoms with Gasteiger partial charge in [0.25, 0.3) is 5.91 Å². The Balaban J connectivity index is 1.47. The van der Waals surface area contributed by atoms with Crippen molar-refractivity contribution in [1.82, 2.24) is 24.8 Å². The van der Waals surface area contributed by atoms with Crippen molar-refractivity contribution in [2.24, 2.45) is 0 Å². The van der Waals surface area contributed by atoms with Gasteiger partial charge in [-0.2, -0.15) is 0 Å². The van der Waals surface area contributed by atoms with E-state index in [2.05, 4.69) is 21.9 Å². The van der Waals surface area contributed by atoms with Gasteiger partial charge in [0, 0.05) is 38.3 Å². The molecule has 0 N–H and O–H groups in total. The van der Waals surface area contributed by atoms with Crippen molar-refractivity contribution in [3.05, 3.63) is 76.3 Å². The minimum atomic E-state index is -0.764. The van der Waals surface area contributed by atoms with E-state index in [-0.39, 0.29) is 18.5 Å². The maximum atomic E-state index is 13.2. The molecule has 5 rings (SSSR count). The molecule has 0 radical (unpaired) electrons. The highest BCUT2D eigenvalue weighted by molar-refractivity contribution is 7.11. The van der Waals surface area contributed by atoms with Crippen LogP contribution in [0.3, 0.4) is 0 Å². The highest BCUT2D eigenvalue weighted by Gasteiger charge is 2.64. The number of aryl methyl sites for hydroxylation is 1. The number of hydrogen-bond donors (Lipinski definition) is 0. The molecular weight excluding hydrogens is 438 g/mol. The lowest BCUT2D eigenvalue weighted by Crippen LogP contribution is -2.58. The van der Waals surface area contributed by atoms with Gasteiger partial charge in [0.15, 0.2) is 0 Å². The van der Waals surface area contributed by atoms with Crippen LogP contribution in [0.25, 0.3) is 0 Å². The Labute approximate surface area is 196 Å². The number of nitrogens with zero attached hydrogens (tertiary/aromatic N) is 5. The molecule has 2 saturated heterocycles. The Morgan fingerprint density at radius 1 is 1.09 bits per heavy atom. The molecular formula is C24H25N5O3S. The van der Waals surface area contributed by atoms with Gasteiger partial charge in [-0.1, -0.05) is 30.3 Å². The van der Waals surface area contributed by atoms with Crippen LogP contribution in [-0.4, -0.2) is 55.4 Å². The molecule has 4 heterocycles. The van der Waals surface area contributed by atoms with Crippen LogP contribution in [0.2, 0.25) is 0 Å². The number of ether oxygens (including phenoxy) is 1. The van der Waals surface area contributed by atoms with E-state index in [0.29, 0.717) is 36.6 Å². The van der Waals surface area contributed by atoms with Gasteiger partial charge >= 0.3 is 6.09 Å². The van der Waals surface area contributed by atoms with Gasteiger partial charge < -0.3 is 9.64 Å². The maximum absolute atomic E-state index is 13.2. The normalized spacial score (nSPS) is 21.9. The van der Waals surface area contributed by atoms with E-state index in [4.69, 9.17) is 4.74 Å². The number of thiazole rings is 1. The number of carbonyl (C=O) groups is 2. The number of amides is 2. The molecule has 2 fully saturated rings. The Morgan fingerprint density at radius 3 is 2.42 bits per heavy atom. The molecule has 0 bridgehead atoms. The second kappa shape index (κ2) is 8.22. The van der Waals surface area contributed by atoms with Gasteiger partial charge in [-0.15, -0.1) is 11.3 Å². The topological polar surface area (TPSA) is 88.5 Å². The van der Waals surface area contributed by atoms with E-state index in [9.17, 15) is 9.59 Å². The highest BCUT2D eigenvalue weighted by Crippen LogP contribution is 2.52. The third kappa shape index (κ3) is 3.47. The average Bonchev–Trinajstić information content (AvgIpc) is 3.36. The number of piperidine rings is 1. The molecule has 3 aromatic rings. The fraction of sp³-hybridized carbons (Fsp3) is 0.375. The van der Waals surface area contributed by atoms with Crippen LogP contribution >= 0.6 is 11.3 Å². The van der Waals surface area contributed by atoms with Crippen molar-refractivity contribution in [2.45, 2.75) is 44.4 Å². The number of benzene rings is 1. The predicted molar refractivity (Wildman–Crippen MR) is 123 cm³/mol. The van der Waals surface area contributed by atoms with Crippen LogP contribution in [-0.2, 0) is 16.8 Å². The van der Waals surface area contributed by atoms with Gasteiger partial charge in [0.1, 0.15) is 21.8 Å². The molecule has 1 spiro atoms. The van der Waals surface area contributed by atoms with Crippen LogP contribution in [0.15, 0.2) is 54.3 Å². The summed E-state index contributed by atoms with van der Waals surface area (Å²) in [5, 5.41) is 0. The molecule has 33 heavy (non-hydrogen) atoms. The summed E-state index contributed by atoms with van der Waals surface area (Å²) in [5.74, 6) is 0.548. The molecule has 1 aromatic carbocycles. The minimum Gasteiger partial charge on any atom is -0.440 e. The van der Waals surface area contributed by atoms with Crippen molar-refractivity contribution in [1.29, 1.82) is 0 Å². The van der Waals surface area contributed by atoms with Crippen LogP contribution in [0, 0.1) is 6.92 Å². The van der Waals surface area contributed by atoms with Crippen LogP contribution in [0.4, 0.5) is 4.79 Å². The van der Waals surface area contributed by atoms with Crippen molar-refractivity contribution in [3.8, 4) is 0 Å². The zero-order chi connectivity index (χ0) is 23.1. The summed E-state index contributed by atoms with van der Waals surface area (Å²) < 4.78 is 6.17. The van der Waals surface area contributed by atoms with E-state index in [0.717, 1.165) is 11.3 Å². The van der Waals surface area contributed by atoms with E-state index in [1.165, 1.54) is 11.3 Å². The highest BCUT2D eigenvalue weighted by atomic mass is 32.1. The lowest BCUT2D eigenvalue weighted by molar-refractivity contribution is -0.0552. The standard InChI is InChI=1S/C24H25N5O3S/c1-17-20(33-16-27-17)21(30)28-13-9-24(10-14-28)23(2,18-7-4-3-5-8-18)29(22(31)32-24)15-19-25-11-6-12-26-19/h3-8,11-12,16H,9-10,13-15H2,1-2H3. The van der Waals surface area contributed by atoms with Gasteiger partial charge in [0.05, 0.1) is 17.7 Å². The Morgan fingerprint density at radius 2 is 1.79 bits per heavy atom. The molecule has 2 amide bonds. The quantitative estimate of drug-likeness (QED) is 0.585. The second-order valence-corrected chi connectivity index (χ2v) is 9.47. The summed E-state index contributed by atoms with van der Waals surface area (Å²) in [6, 6.07) is 11.7. The molecule has 8 nitrogen and oxygen atoms in total. The summed E-state index contributed by atoms with van der Waals surface area (Å²) in [6.45, 7) is 5.16. The van der Waals surface area contributed by atoms with Crippen molar-refractivity contribution in [3.63, 3.8) is 0 Å². The summed E-state index contributed by atoms with van der Waals surface area (Å²) in [5.41, 5.74) is 1.94. The van der Waals surface area contributed by atoms with Crippen molar-refractivity contribution < 1.29 is 14.3 Å². The van der Waals surface area contributed by atoms with E-state index in [1.54, 1.807) is 28.9 Å². The zero-order valence-corrected chi connectivity index (χ0v) is 19.4. The number of likely N-dealkylation sites (tertiary alicyclic amines) is 1. The van der Waals surface area contributed by atoms with Crippen LogP contribution in [0.1, 0.15) is 46.5 Å². The van der Waals surface area contributed by atoms with Gasteiger partial charge in [-0.3, -0.25) is 9.69 Å². The summed E-state index contributed by atoms with van der Waals surface area (Å²) >= 11 is 1.36. The van der Waals surface area contributed by atoms with Crippen molar-refractivity contribution in [2.75, 3.05) is 13.1 Å². The number of aromatic nitrogens is 3. The number of rotatable bonds is 4. The summed E-state index contributed by atoms with van der Waals surface area (Å²) in [7, 11) is 0. The third-order valence-corrected chi connectivity index (χ3v) is 7.90. The Bertz CT molecular complexity index is 1160. The predicted octanol–water partition coefficient (Wildman–Crippen LogP) is 3.78. The second-order valence-electron chi connectivity index (χ2n) is 8.61. The molecule has 2 aliphatic rings. The van der Waals surface area contributed by atoms with Gasteiger partial charge in [0.2, 0.25) is 0 Å². The third-order valence-electron chi connectivity index (χ3n) is 6.98. The molecule has 1 unspecified atom stereocenters. The fourth-order valence-electron chi connectivity index (χ4n) is 5.02. The van der Waals surface area contributed by atoms with E-state index < -0.39 is 11.1 Å². The SMILES string of the molecule is Cc1ncsc1C(=O)N1CCC2(CC1)OC(=O)N(Cc1ncccn1)C2(C)c1ccccc1. The first-order valence-electron chi connectivity index (χ1n) is 11.0. The molecule has 1 atom stereocenters. The lowest BCUT2D eigenvalue weighted by Gasteiger charge is -2.48. The first-order chi connectivity index (χ1) is 15.9. The van der Waals surface area contributed by atoms with E-state index >= 15 is 0 Å². The summed E-state index contributed by atoms with van der Waals surface area (Å²) in [6.07, 6.45) is 4.04. The fourth-order valence-corrected chi connectivity index (χ4v) is 5.79. The Hall–Kier alpha value is -3.33. The largest absolute Gasteiger partial charge is 0.440 e. The molecule has 0 aliphatic carbocycles. The minimum absolute atomic E-state index is 0.00914. The zero-order valence-electron chi connectivity index (χ0n) is 18.6. The smallest absolute Gasteiger partial charge is 0.411 e. The molecule has 9 heteroatoms. The first kappa shape index (κ1) is 21.5. The maximum Gasteiger partial charge on any atom is 0.411 e. The van der Waals surface area contributed by atoms with E-state index in [1.807, 2.05) is 42.2 Å². The summed E-state index contributed by atoms with van der Waals surface area (Å²) in [4.78, 5) is 43.4. The van der Waals surface area contributed by atoms with Crippen LogP contribution in [0.5, 0.6) is 0 Å². The Kier molecular flexibility index (Phi) is 5.36. The molecule has 2 aromatic heterocycles. The van der Waals surface area contributed by atoms with Crippen molar-refractivity contribution >= 4 is 23.3 Å². The van der Waals surface area contributed by atoms with Gasteiger partial charge in [-0.05, 0) is 25.5 Å².